The van der Waals surface area contributed by atoms with E-state index in [9.17, 15) is 9.59 Å². The van der Waals surface area contributed by atoms with E-state index in [1.807, 2.05) is 12.3 Å². The number of benzene rings is 1. The van der Waals surface area contributed by atoms with Crippen molar-refractivity contribution in [1.29, 1.82) is 0 Å². The fourth-order valence-corrected chi connectivity index (χ4v) is 5.09. The molecule has 0 aliphatic carbocycles. The highest BCUT2D eigenvalue weighted by molar-refractivity contribution is 8.02. The zero-order valence-corrected chi connectivity index (χ0v) is 16.6. The average molecular weight is 390 g/mol. The van der Waals surface area contributed by atoms with Crippen LogP contribution in [0.4, 0.5) is 0 Å². The number of aromatic nitrogens is 1. The van der Waals surface area contributed by atoms with Gasteiger partial charge in [-0.25, -0.2) is 4.98 Å². The van der Waals surface area contributed by atoms with Gasteiger partial charge in [0.1, 0.15) is 0 Å². The number of hydrogen-bond donors (Lipinski definition) is 1. The number of primary amides is 1. The molecule has 0 unspecified atom stereocenters. The Morgan fingerprint density at radius 3 is 2.77 bits per heavy atom. The quantitative estimate of drug-likeness (QED) is 0.796. The molecule has 0 saturated carbocycles. The lowest BCUT2D eigenvalue weighted by Crippen LogP contribution is -2.46. The number of likely N-dealkylation sites (tertiary alicyclic amines) is 1. The summed E-state index contributed by atoms with van der Waals surface area (Å²) in [5.74, 6) is -0.489. The minimum atomic E-state index is -0.314. The molecule has 1 aliphatic heterocycles. The van der Waals surface area contributed by atoms with Crippen LogP contribution in [0.5, 0.6) is 0 Å². The number of hydrogen-bond acceptors (Lipinski definition) is 5. The van der Waals surface area contributed by atoms with Gasteiger partial charge < -0.3 is 10.6 Å². The highest BCUT2D eigenvalue weighted by atomic mass is 32.2. The highest BCUT2D eigenvalue weighted by Gasteiger charge is 2.30. The van der Waals surface area contributed by atoms with Crippen molar-refractivity contribution in [2.24, 2.45) is 11.7 Å². The van der Waals surface area contributed by atoms with E-state index in [0.29, 0.717) is 13.1 Å². The summed E-state index contributed by atoms with van der Waals surface area (Å²) in [7, 11) is 0. The fourth-order valence-electron chi connectivity index (χ4n) is 3.04. The lowest BCUT2D eigenvalue weighted by Gasteiger charge is -2.32. The third-order valence-electron chi connectivity index (χ3n) is 4.59. The number of thiazole rings is 1. The summed E-state index contributed by atoms with van der Waals surface area (Å²) < 4.78 is 0.880. The van der Waals surface area contributed by atoms with Crippen molar-refractivity contribution in [2.75, 3.05) is 13.1 Å². The Morgan fingerprint density at radius 2 is 2.08 bits per heavy atom. The van der Waals surface area contributed by atoms with Crippen molar-refractivity contribution in [2.45, 2.75) is 36.3 Å². The second-order valence-corrected chi connectivity index (χ2v) is 9.10. The summed E-state index contributed by atoms with van der Waals surface area (Å²) in [5, 5.41) is 1.78. The van der Waals surface area contributed by atoms with Crippen LogP contribution < -0.4 is 5.73 Å². The van der Waals surface area contributed by atoms with Crippen LogP contribution in [-0.2, 0) is 9.59 Å². The Morgan fingerprint density at radius 1 is 1.35 bits per heavy atom. The third-order valence-corrected chi connectivity index (χ3v) is 6.65. The minimum Gasteiger partial charge on any atom is -0.369 e. The number of carbonyl (C=O) groups is 2. The molecule has 1 saturated heterocycles. The molecule has 1 aromatic heterocycles. The molecular formula is C19H23N3O2S2. The molecule has 2 N–H and O–H groups in total. The van der Waals surface area contributed by atoms with E-state index < -0.39 is 0 Å². The van der Waals surface area contributed by atoms with Crippen LogP contribution in [0, 0.1) is 12.8 Å². The first-order chi connectivity index (χ1) is 12.4. The van der Waals surface area contributed by atoms with Crippen molar-refractivity contribution in [3.8, 4) is 11.3 Å². The molecule has 138 valence electrons. The first-order valence-electron chi connectivity index (χ1n) is 8.71. The molecule has 2 atom stereocenters. The van der Waals surface area contributed by atoms with Crippen LogP contribution in [0.3, 0.4) is 0 Å². The molecule has 1 fully saturated rings. The second-order valence-electron chi connectivity index (χ2n) is 6.65. The molecule has 26 heavy (non-hydrogen) atoms. The second kappa shape index (κ2) is 8.22. The van der Waals surface area contributed by atoms with Gasteiger partial charge in [0.15, 0.2) is 4.34 Å². The van der Waals surface area contributed by atoms with E-state index in [1.54, 1.807) is 16.2 Å². The van der Waals surface area contributed by atoms with E-state index in [0.717, 1.165) is 28.4 Å². The van der Waals surface area contributed by atoms with Crippen LogP contribution in [0.25, 0.3) is 11.3 Å². The number of nitrogens with zero attached hydrogens (tertiary/aromatic N) is 2. The van der Waals surface area contributed by atoms with Gasteiger partial charge in [0.2, 0.25) is 11.8 Å². The van der Waals surface area contributed by atoms with Crippen molar-refractivity contribution in [3.63, 3.8) is 0 Å². The molecular weight excluding hydrogens is 366 g/mol. The van der Waals surface area contributed by atoms with Gasteiger partial charge >= 0.3 is 0 Å². The summed E-state index contributed by atoms with van der Waals surface area (Å²) >= 11 is 3.03. The lowest BCUT2D eigenvalue weighted by atomic mass is 9.97. The Balaban J connectivity index is 1.62. The van der Waals surface area contributed by atoms with Gasteiger partial charge in [-0.05, 0) is 26.7 Å². The Kier molecular flexibility index (Phi) is 5.98. The molecule has 0 spiro atoms. The van der Waals surface area contributed by atoms with Crippen LogP contribution in [-0.4, -0.2) is 40.0 Å². The number of thioether (sulfide) groups is 1. The third kappa shape index (κ3) is 4.45. The predicted molar refractivity (Wildman–Crippen MR) is 106 cm³/mol. The molecule has 2 aromatic rings. The monoisotopic (exact) mass is 389 g/mol. The average Bonchev–Trinajstić information content (AvgIpc) is 3.10. The van der Waals surface area contributed by atoms with E-state index in [2.05, 4.69) is 36.2 Å². The summed E-state index contributed by atoms with van der Waals surface area (Å²) in [5.41, 5.74) is 8.64. The zero-order chi connectivity index (χ0) is 18.7. The summed E-state index contributed by atoms with van der Waals surface area (Å²) in [6, 6.07) is 8.26. The van der Waals surface area contributed by atoms with Gasteiger partial charge in [0.05, 0.1) is 16.9 Å². The topological polar surface area (TPSA) is 76.3 Å². The lowest BCUT2D eigenvalue weighted by molar-refractivity contribution is -0.134. The minimum absolute atomic E-state index is 0.0491. The first-order valence-corrected chi connectivity index (χ1v) is 10.5. The van der Waals surface area contributed by atoms with Crippen molar-refractivity contribution in [3.05, 3.63) is 35.2 Å². The largest absolute Gasteiger partial charge is 0.369 e. The van der Waals surface area contributed by atoms with Gasteiger partial charge in [-0.1, -0.05) is 41.6 Å². The Labute approximate surface area is 162 Å². The maximum Gasteiger partial charge on any atom is 0.235 e. The van der Waals surface area contributed by atoms with Gasteiger partial charge in [-0.2, -0.15) is 0 Å². The molecule has 7 heteroatoms. The standard InChI is InChI=1S/C19H23N3O2S2/c1-12-5-7-14(8-6-12)16-11-25-19(21-16)26-13(2)18(24)22-9-3-4-15(10-22)17(20)23/h5-8,11,13,15H,3-4,9-10H2,1-2H3,(H2,20,23)/t13-,15+/m0/s1. The van der Waals surface area contributed by atoms with E-state index in [-0.39, 0.29) is 23.0 Å². The van der Waals surface area contributed by atoms with Crippen molar-refractivity contribution >= 4 is 34.9 Å². The SMILES string of the molecule is Cc1ccc(-c2csc(S[C@@H](C)C(=O)N3CCC[C@@H](C(N)=O)C3)n2)cc1. The molecule has 2 heterocycles. The number of piperidine rings is 1. The maximum atomic E-state index is 12.7. The van der Waals surface area contributed by atoms with Crippen LogP contribution in [0.15, 0.2) is 34.0 Å². The maximum absolute atomic E-state index is 12.7. The zero-order valence-electron chi connectivity index (χ0n) is 15.0. The molecule has 3 rings (SSSR count). The van der Waals surface area contributed by atoms with Gasteiger partial charge in [-0.3, -0.25) is 9.59 Å². The van der Waals surface area contributed by atoms with Gasteiger partial charge in [0, 0.05) is 24.0 Å². The van der Waals surface area contributed by atoms with Crippen molar-refractivity contribution in [1.82, 2.24) is 9.88 Å². The van der Waals surface area contributed by atoms with E-state index in [4.69, 9.17) is 5.73 Å². The van der Waals surface area contributed by atoms with Crippen LogP contribution in [0.2, 0.25) is 0 Å². The highest BCUT2D eigenvalue weighted by Crippen LogP contribution is 2.32. The molecule has 1 aromatic carbocycles. The summed E-state index contributed by atoms with van der Waals surface area (Å²) in [4.78, 5) is 30.6. The summed E-state index contributed by atoms with van der Waals surface area (Å²) in [6.07, 6.45) is 1.60. The number of rotatable bonds is 5. The summed E-state index contributed by atoms with van der Waals surface area (Å²) in [6.45, 7) is 5.09. The van der Waals surface area contributed by atoms with E-state index in [1.165, 1.54) is 17.3 Å². The molecule has 1 aliphatic rings. The normalized spacial score (nSPS) is 18.5. The first kappa shape index (κ1) is 18.9. The van der Waals surface area contributed by atoms with E-state index >= 15 is 0 Å². The Hall–Kier alpha value is -1.86. The Bertz CT molecular complexity index is 788. The number of nitrogens with two attached hydrogens (primary N) is 1. The van der Waals surface area contributed by atoms with Gasteiger partial charge in [-0.15, -0.1) is 11.3 Å². The number of amides is 2. The molecule has 0 radical (unpaired) electrons. The molecule has 2 amide bonds. The van der Waals surface area contributed by atoms with Crippen molar-refractivity contribution < 1.29 is 9.59 Å². The van der Waals surface area contributed by atoms with Crippen LogP contribution in [0.1, 0.15) is 25.3 Å². The predicted octanol–water partition coefficient (Wildman–Crippen LogP) is 3.32. The fraction of sp³-hybridized carbons (Fsp3) is 0.421. The smallest absolute Gasteiger partial charge is 0.235 e. The number of aryl methyl sites for hydroxylation is 1. The number of carbonyl (C=O) groups excluding carboxylic acids is 2. The molecule has 5 nitrogen and oxygen atoms in total. The van der Waals surface area contributed by atoms with Crippen LogP contribution >= 0.6 is 23.1 Å². The molecule has 0 bridgehead atoms. The van der Waals surface area contributed by atoms with Gasteiger partial charge in [0.25, 0.3) is 0 Å².